The van der Waals surface area contributed by atoms with Crippen LogP contribution in [0, 0.1) is 0 Å². The first-order chi connectivity index (χ1) is 15.2. The van der Waals surface area contributed by atoms with Gasteiger partial charge < -0.3 is 9.47 Å². The summed E-state index contributed by atoms with van der Waals surface area (Å²) in [4.78, 5) is 4.68. The van der Waals surface area contributed by atoms with Gasteiger partial charge in [-0.25, -0.2) is 0 Å². The van der Waals surface area contributed by atoms with Crippen LogP contribution < -0.4 is 4.74 Å². The third-order valence-electron chi connectivity index (χ3n) is 5.68. The van der Waals surface area contributed by atoms with Crippen LogP contribution >= 0.6 is 0 Å². The molecule has 0 unspecified atom stereocenters. The van der Waals surface area contributed by atoms with Gasteiger partial charge in [0.1, 0.15) is 12.4 Å². The SMILES string of the molecule is CCCCCCCCc1ccc(-c2ccc(OC[C@H](C)OCCCCCC)cc2)nc1. The summed E-state index contributed by atoms with van der Waals surface area (Å²) in [7, 11) is 0. The zero-order valence-corrected chi connectivity index (χ0v) is 20.1. The maximum atomic E-state index is 5.89. The van der Waals surface area contributed by atoms with Gasteiger partial charge in [-0.2, -0.15) is 0 Å². The van der Waals surface area contributed by atoms with Gasteiger partial charge in [0.2, 0.25) is 0 Å². The highest BCUT2D eigenvalue weighted by molar-refractivity contribution is 5.60. The van der Waals surface area contributed by atoms with Crippen molar-refractivity contribution in [1.82, 2.24) is 4.98 Å². The van der Waals surface area contributed by atoms with E-state index in [2.05, 4.69) is 50.0 Å². The van der Waals surface area contributed by atoms with E-state index >= 15 is 0 Å². The van der Waals surface area contributed by atoms with Gasteiger partial charge in [0.15, 0.2) is 0 Å². The second-order valence-electron chi connectivity index (χ2n) is 8.65. The molecule has 3 heteroatoms. The number of aromatic nitrogens is 1. The van der Waals surface area contributed by atoms with Crippen LogP contribution in [0.3, 0.4) is 0 Å². The van der Waals surface area contributed by atoms with E-state index in [1.54, 1.807) is 0 Å². The lowest BCUT2D eigenvalue weighted by Crippen LogP contribution is -2.18. The van der Waals surface area contributed by atoms with E-state index in [1.165, 1.54) is 63.4 Å². The van der Waals surface area contributed by atoms with Crippen molar-refractivity contribution in [3.8, 4) is 17.0 Å². The molecule has 0 bridgehead atoms. The maximum Gasteiger partial charge on any atom is 0.119 e. The number of unbranched alkanes of at least 4 members (excludes halogenated alkanes) is 8. The fraction of sp³-hybridized carbons (Fsp3) is 0.607. The van der Waals surface area contributed by atoms with E-state index in [9.17, 15) is 0 Å². The molecule has 0 aliphatic carbocycles. The van der Waals surface area contributed by atoms with E-state index in [4.69, 9.17) is 9.47 Å². The Hall–Kier alpha value is -1.87. The lowest BCUT2D eigenvalue weighted by molar-refractivity contribution is 0.0303. The Bertz CT molecular complexity index is 681. The Morgan fingerprint density at radius 1 is 0.774 bits per heavy atom. The largest absolute Gasteiger partial charge is 0.491 e. The molecule has 31 heavy (non-hydrogen) atoms. The minimum absolute atomic E-state index is 0.113. The zero-order chi connectivity index (χ0) is 22.2. The minimum Gasteiger partial charge on any atom is -0.491 e. The minimum atomic E-state index is 0.113. The normalized spacial score (nSPS) is 12.1. The summed E-state index contributed by atoms with van der Waals surface area (Å²) in [5.74, 6) is 0.880. The third-order valence-corrected chi connectivity index (χ3v) is 5.68. The first kappa shape index (κ1) is 25.4. The molecule has 2 aromatic rings. The van der Waals surface area contributed by atoms with Gasteiger partial charge in [0.05, 0.1) is 11.8 Å². The summed E-state index contributed by atoms with van der Waals surface area (Å²) >= 11 is 0. The molecular formula is C28H43NO2. The van der Waals surface area contributed by atoms with Crippen LogP contribution in [0.1, 0.15) is 90.5 Å². The Balaban J connectivity index is 1.69. The standard InChI is InChI=1S/C28H43NO2/c1-4-6-8-10-11-12-14-25-15-20-28(29-22-25)26-16-18-27(19-17-26)31-23-24(3)30-21-13-9-7-5-2/h15-20,22,24H,4-14,21,23H2,1-3H3/t24-/m0/s1. The number of nitrogens with zero attached hydrogens (tertiary/aromatic N) is 1. The van der Waals surface area contributed by atoms with Gasteiger partial charge in [0.25, 0.3) is 0 Å². The van der Waals surface area contributed by atoms with Gasteiger partial charge in [-0.1, -0.05) is 71.3 Å². The van der Waals surface area contributed by atoms with Gasteiger partial charge in [-0.15, -0.1) is 0 Å². The van der Waals surface area contributed by atoms with Crippen molar-refractivity contribution in [2.45, 2.75) is 97.5 Å². The van der Waals surface area contributed by atoms with Gasteiger partial charge >= 0.3 is 0 Å². The molecule has 1 atom stereocenters. The molecule has 0 amide bonds. The Kier molecular flexibility index (Phi) is 13.0. The number of hydrogen-bond donors (Lipinski definition) is 0. The summed E-state index contributed by atoms with van der Waals surface area (Å²) in [5, 5.41) is 0. The van der Waals surface area contributed by atoms with Gasteiger partial charge in [-0.05, 0) is 62.1 Å². The molecule has 3 nitrogen and oxygen atoms in total. The second-order valence-corrected chi connectivity index (χ2v) is 8.65. The molecule has 0 N–H and O–H groups in total. The highest BCUT2D eigenvalue weighted by atomic mass is 16.5. The molecule has 0 fully saturated rings. The van der Waals surface area contributed by atoms with E-state index in [0.717, 1.165) is 36.5 Å². The van der Waals surface area contributed by atoms with Crippen LogP contribution in [-0.2, 0) is 11.2 Å². The van der Waals surface area contributed by atoms with E-state index in [1.807, 2.05) is 18.3 Å². The predicted molar refractivity (Wildman–Crippen MR) is 132 cm³/mol. The highest BCUT2D eigenvalue weighted by Gasteiger charge is 2.05. The number of benzene rings is 1. The molecule has 1 aromatic carbocycles. The fourth-order valence-corrected chi connectivity index (χ4v) is 3.65. The monoisotopic (exact) mass is 425 g/mol. The third kappa shape index (κ3) is 10.8. The molecule has 1 heterocycles. The summed E-state index contributed by atoms with van der Waals surface area (Å²) in [6.07, 6.45) is 16.2. The molecule has 2 rings (SSSR count). The highest BCUT2D eigenvalue weighted by Crippen LogP contribution is 2.21. The summed E-state index contributed by atoms with van der Waals surface area (Å²) in [5.41, 5.74) is 3.48. The zero-order valence-electron chi connectivity index (χ0n) is 20.1. The van der Waals surface area contributed by atoms with Crippen molar-refractivity contribution in [1.29, 1.82) is 0 Å². The number of hydrogen-bond acceptors (Lipinski definition) is 3. The second kappa shape index (κ2) is 15.9. The summed E-state index contributed by atoms with van der Waals surface area (Å²) < 4.78 is 11.7. The van der Waals surface area contributed by atoms with Crippen molar-refractivity contribution in [2.24, 2.45) is 0 Å². The van der Waals surface area contributed by atoms with Crippen LogP contribution in [0.2, 0.25) is 0 Å². The number of aryl methyl sites for hydroxylation is 1. The van der Waals surface area contributed by atoms with E-state index < -0.39 is 0 Å². The predicted octanol–water partition coefficient (Wildman–Crippen LogP) is 8.02. The van der Waals surface area contributed by atoms with Gasteiger partial charge in [0, 0.05) is 18.4 Å². The quantitative estimate of drug-likeness (QED) is 0.240. The Labute approximate surface area is 190 Å². The van der Waals surface area contributed by atoms with Gasteiger partial charge in [-0.3, -0.25) is 4.98 Å². The molecule has 0 spiro atoms. The molecule has 0 aliphatic rings. The summed E-state index contributed by atoms with van der Waals surface area (Å²) in [6, 6.07) is 12.6. The lowest BCUT2D eigenvalue weighted by Gasteiger charge is -2.14. The molecule has 0 aliphatic heterocycles. The number of pyridine rings is 1. The van der Waals surface area contributed by atoms with Crippen LogP contribution in [-0.4, -0.2) is 24.3 Å². The van der Waals surface area contributed by atoms with Crippen molar-refractivity contribution >= 4 is 0 Å². The molecule has 0 radical (unpaired) electrons. The van der Waals surface area contributed by atoms with Crippen molar-refractivity contribution in [3.05, 3.63) is 48.2 Å². The fourth-order valence-electron chi connectivity index (χ4n) is 3.65. The van der Waals surface area contributed by atoms with Crippen molar-refractivity contribution in [2.75, 3.05) is 13.2 Å². The smallest absolute Gasteiger partial charge is 0.119 e. The average molecular weight is 426 g/mol. The Morgan fingerprint density at radius 3 is 2.13 bits per heavy atom. The lowest BCUT2D eigenvalue weighted by atomic mass is 10.1. The molecular weight excluding hydrogens is 382 g/mol. The maximum absolute atomic E-state index is 5.89. The van der Waals surface area contributed by atoms with Crippen LogP contribution in [0.25, 0.3) is 11.3 Å². The van der Waals surface area contributed by atoms with Crippen molar-refractivity contribution < 1.29 is 9.47 Å². The van der Waals surface area contributed by atoms with Crippen molar-refractivity contribution in [3.63, 3.8) is 0 Å². The van der Waals surface area contributed by atoms with E-state index in [-0.39, 0.29) is 6.10 Å². The average Bonchev–Trinajstić information content (AvgIpc) is 2.80. The van der Waals surface area contributed by atoms with Crippen LogP contribution in [0.4, 0.5) is 0 Å². The summed E-state index contributed by atoms with van der Waals surface area (Å²) in [6.45, 7) is 7.97. The topological polar surface area (TPSA) is 31.4 Å². The van der Waals surface area contributed by atoms with Crippen LogP contribution in [0.15, 0.2) is 42.6 Å². The number of rotatable bonds is 17. The molecule has 172 valence electrons. The molecule has 0 saturated heterocycles. The van der Waals surface area contributed by atoms with E-state index in [0.29, 0.717) is 6.61 Å². The van der Waals surface area contributed by atoms with Crippen LogP contribution in [0.5, 0.6) is 5.75 Å². The first-order valence-electron chi connectivity index (χ1n) is 12.5. The molecule has 0 saturated carbocycles. The Morgan fingerprint density at radius 2 is 1.45 bits per heavy atom. The first-order valence-corrected chi connectivity index (χ1v) is 12.5. The number of ether oxygens (including phenoxy) is 2. The molecule has 1 aromatic heterocycles.